The van der Waals surface area contributed by atoms with Crippen LogP contribution in [0, 0.1) is 0 Å². The molecule has 0 saturated carbocycles. The molecule has 3 nitrogen and oxygen atoms in total. The quantitative estimate of drug-likeness (QED) is 0.383. The minimum Gasteiger partial charge on any atom is -0.559 e. The molecule has 0 fully saturated rings. The van der Waals surface area contributed by atoms with Crippen LogP contribution in [0.25, 0.3) is 0 Å². The Labute approximate surface area is 49.0 Å². The van der Waals surface area contributed by atoms with Crippen molar-refractivity contribution in [1.29, 1.82) is 0 Å². The maximum absolute atomic E-state index is 8.53. The van der Waals surface area contributed by atoms with Crippen molar-refractivity contribution in [2.24, 2.45) is 0 Å². The van der Waals surface area contributed by atoms with Crippen molar-refractivity contribution in [3.8, 4) is 0 Å². The highest BCUT2D eigenvalue weighted by Crippen LogP contribution is 2.29. The summed E-state index contributed by atoms with van der Waals surface area (Å²) in [5, 5.41) is 24.8. The lowest BCUT2D eigenvalue weighted by Gasteiger charge is -2.35. The normalized spacial score (nSPS) is 14.2. The van der Waals surface area contributed by atoms with E-state index < -0.39 is 12.1 Å². The molecule has 4 heteroatoms. The summed E-state index contributed by atoms with van der Waals surface area (Å²) in [5.74, 6) is 0. The third-order valence-corrected chi connectivity index (χ3v) is 1.16. The van der Waals surface area contributed by atoms with E-state index in [2.05, 4.69) is 0 Å². The SMILES string of the molecule is CC(C)(C)[B-](O)(O)O. The van der Waals surface area contributed by atoms with Crippen molar-refractivity contribution in [1.82, 2.24) is 0 Å². The van der Waals surface area contributed by atoms with Crippen LogP contribution in [0.3, 0.4) is 0 Å². The lowest BCUT2D eigenvalue weighted by atomic mass is 9.55. The van der Waals surface area contributed by atoms with E-state index in [0.29, 0.717) is 0 Å². The average Bonchev–Trinajstić information content (AvgIpc) is 1.25. The van der Waals surface area contributed by atoms with Crippen molar-refractivity contribution in [2.45, 2.75) is 26.1 Å². The summed E-state index contributed by atoms with van der Waals surface area (Å²) in [6.45, 7) is 1.50. The van der Waals surface area contributed by atoms with Gasteiger partial charge in [0.25, 0.3) is 0 Å². The summed E-state index contributed by atoms with van der Waals surface area (Å²) in [5.41, 5.74) is 0. The molecule has 0 amide bonds. The van der Waals surface area contributed by atoms with Gasteiger partial charge in [0.2, 0.25) is 0 Å². The summed E-state index contributed by atoms with van der Waals surface area (Å²) in [4.78, 5) is 0. The molecule has 0 aromatic rings. The molecule has 0 aliphatic rings. The highest BCUT2D eigenvalue weighted by atomic mass is 16.5. The summed E-state index contributed by atoms with van der Waals surface area (Å²) in [6, 6.07) is 0. The van der Waals surface area contributed by atoms with Crippen LogP contribution < -0.4 is 0 Å². The Kier molecular flexibility index (Phi) is 1.71. The molecule has 0 aromatic heterocycles. The second-order valence-corrected chi connectivity index (χ2v) is 3.10. The minimum absolute atomic E-state index is 0.833. The van der Waals surface area contributed by atoms with Gasteiger partial charge in [0.1, 0.15) is 0 Å². The van der Waals surface area contributed by atoms with Gasteiger partial charge in [-0.15, -0.1) is 0 Å². The number of rotatable bonds is 0. The van der Waals surface area contributed by atoms with Crippen LogP contribution >= 0.6 is 0 Å². The fourth-order valence-electron chi connectivity index (χ4n) is 0. The molecule has 0 aromatic carbocycles. The molecule has 0 bridgehead atoms. The van der Waals surface area contributed by atoms with Crippen molar-refractivity contribution in [2.75, 3.05) is 0 Å². The predicted molar refractivity (Wildman–Crippen MR) is 32.1 cm³/mol. The molecule has 0 aliphatic heterocycles. The molecule has 0 heterocycles. The zero-order valence-corrected chi connectivity index (χ0v) is 5.42. The van der Waals surface area contributed by atoms with E-state index in [1.807, 2.05) is 0 Å². The van der Waals surface area contributed by atoms with Crippen LogP contribution in [0.4, 0.5) is 0 Å². The van der Waals surface area contributed by atoms with Gasteiger partial charge in [-0.1, -0.05) is 26.1 Å². The van der Waals surface area contributed by atoms with E-state index in [4.69, 9.17) is 15.1 Å². The van der Waals surface area contributed by atoms with Gasteiger partial charge in [0.05, 0.1) is 0 Å². The largest absolute Gasteiger partial charge is 0.559 e. The Morgan fingerprint density at radius 3 is 1.12 bits per heavy atom. The van der Waals surface area contributed by atoms with E-state index in [9.17, 15) is 0 Å². The Hall–Kier alpha value is -0.0551. The van der Waals surface area contributed by atoms with E-state index in [1.54, 1.807) is 20.8 Å². The molecule has 50 valence electrons. The maximum atomic E-state index is 8.53. The topological polar surface area (TPSA) is 60.7 Å². The summed E-state index contributed by atoms with van der Waals surface area (Å²) in [6.07, 6.45) is 0. The lowest BCUT2D eigenvalue weighted by Crippen LogP contribution is -2.44. The summed E-state index contributed by atoms with van der Waals surface area (Å²) in [7, 11) is 0. The fraction of sp³-hybridized carbons (Fsp3) is 1.00. The Balaban J connectivity index is 4.02. The van der Waals surface area contributed by atoms with Crippen molar-refractivity contribution in [3.05, 3.63) is 0 Å². The van der Waals surface area contributed by atoms with Gasteiger partial charge in [0, 0.05) is 0 Å². The van der Waals surface area contributed by atoms with Gasteiger partial charge in [-0.2, -0.15) is 0 Å². The summed E-state index contributed by atoms with van der Waals surface area (Å²) < 4.78 is 0. The van der Waals surface area contributed by atoms with Gasteiger partial charge in [-0.25, -0.2) is 0 Å². The number of hydrogen-bond acceptors (Lipinski definition) is 3. The van der Waals surface area contributed by atoms with Crippen molar-refractivity contribution in [3.63, 3.8) is 0 Å². The Morgan fingerprint density at radius 1 is 1.00 bits per heavy atom. The molecule has 0 unspecified atom stereocenters. The third kappa shape index (κ3) is 1.82. The second-order valence-electron chi connectivity index (χ2n) is 3.10. The van der Waals surface area contributed by atoms with Crippen molar-refractivity contribution >= 4 is 6.75 Å². The molecule has 0 aliphatic carbocycles. The van der Waals surface area contributed by atoms with E-state index >= 15 is 0 Å². The Bertz CT molecular complexity index is 66.3. The highest BCUT2D eigenvalue weighted by Gasteiger charge is 2.31. The molecule has 0 radical (unpaired) electrons. The molecular weight excluding hydrogens is 107 g/mol. The fourth-order valence-corrected chi connectivity index (χ4v) is 0. The molecule has 0 rings (SSSR count). The lowest BCUT2D eigenvalue weighted by molar-refractivity contribution is 0.192. The first-order valence-electron chi connectivity index (χ1n) is 2.56. The van der Waals surface area contributed by atoms with Gasteiger partial charge in [-0.3, -0.25) is 0 Å². The Morgan fingerprint density at radius 2 is 1.12 bits per heavy atom. The standard InChI is InChI=1S/C4H12BO3/c1-4(2,3)5(6,7)8/h6-8H,1-3H3/q-1. The average molecular weight is 119 g/mol. The predicted octanol–water partition coefficient (Wildman–Crippen LogP) is -0.298. The summed E-state index contributed by atoms with van der Waals surface area (Å²) >= 11 is 0. The van der Waals surface area contributed by atoms with Gasteiger partial charge in [-0.05, 0) is 0 Å². The zero-order valence-electron chi connectivity index (χ0n) is 5.42. The van der Waals surface area contributed by atoms with E-state index in [-0.39, 0.29) is 0 Å². The first-order valence-corrected chi connectivity index (χ1v) is 2.56. The number of hydrogen-bond donors (Lipinski definition) is 3. The maximum Gasteiger partial charge on any atom is 0.377 e. The van der Waals surface area contributed by atoms with Crippen LogP contribution in [0.5, 0.6) is 0 Å². The highest BCUT2D eigenvalue weighted by molar-refractivity contribution is 6.59. The van der Waals surface area contributed by atoms with E-state index in [1.165, 1.54) is 0 Å². The first-order chi connectivity index (χ1) is 3.25. The van der Waals surface area contributed by atoms with E-state index in [0.717, 1.165) is 0 Å². The second kappa shape index (κ2) is 1.72. The zero-order chi connectivity index (χ0) is 7.00. The monoisotopic (exact) mass is 119 g/mol. The molecular formula is C4H12BO3-. The van der Waals surface area contributed by atoms with Crippen LogP contribution in [0.1, 0.15) is 20.8 Å². The smallest absolute Gasteiger partial charge is 0.377 e. The molecule has 8 heavy (non-hydrogen) atoms. The molecule has 0 spiro atoms. The third-order valence-electron chi connectivity index (χ3n) is 1.16. The molecule has 0 atom stereocenters. The van der Waals surface area contributed by atoms with Crippen molar-refractivity contribution < 1.29 is 15.1 Å². The van der Waals surface area contributed by atoms with Gasteiger partial charge in [0.15, 0.2) is 0 Å². The van der Waals surface area contributed by atoms with Crippen LogP contribution in [-0.2, 0) is 0 Å². The van der Waals surface area contributed by atoms with Crippen LogP contribution in [-0.4, -0.2) is 21.8 Å². The van der Waals surface area contributed by atoms with Crippen LogP contribution in [0.15, 0.2) is 0 Å². The van der Waals surface area contributed by atoms with Crippen LogP contribution in [0.2, 0.25) is 5.31 Å². The first kappa shape index (κ1) is 7.94. The minimum atomic E-state index is -3.15. The molecule has 0 saturated heterocycles. The molecule has 3 N–H and O–H groups in total. The van der Waals surface area contributed by atoms with Gasteiger partial charge < -0.3 is 15.1 Å². The van der Waals surface area contributed by atoms with Gasteiger partial charge >= 0.3 is 6.75 Å².